The molecule has 20 heavy (non-hydrogen) atoms. The molecule has 2 aromatic carbocycles. The molecule has 0 heterocycles. The zero-order chi connectivity index (χ0) is 14.5. The maximum absolute atomic E-state index is 13.1. The Morgan fingerprint density at radius 1 is 1.05 bits per heavy atom. The zero-order valence-corrected chi connectivity index (χ0v) is 12.4. The number of hydrogen-bond donors (Lipinski definition) is 1. The van der Waals surface area contributed by atoms with Crippen LogP contribution in [0.15, 0.2) is 42.5 Å². The van der Waals surface area contributed by atoms with Crippen molar-refractivity contribution in [2.45, 2.75) is 39.8 Å². The summed E-state index contributed by atoms with van der Waals surface area (Å²) in [6.45, 7) is 6.99. The van der Waals surface area contributed by atoms with Gasteiger partial charge in [-0.1, -0.05) is 42.8 Å². The summed E-state index contributed by atoms with van der Waals surface area (Å²) >= 11 is 0. The molecule has 0 spiro atoms. The van der Waals surface area contributed by atoms with Gasteiger partial charge in [0.15, 0.2) is 0 Å². The molecule has 1 atom stereocenters. The highest BCUT2D eigenvalue weighted by atomic mass is 19.1. The van der Waals surface area contributed by atoms with Crippen molar-refractivity contribution in [3.8, 4) is 0 Å². The van der Waals surface area contributed by atoms with Gasteiger partial charge in [0.2, 0.25) is 0 Å². The average molecular weight is 271 g/mol. The summed E-state index contributed by atoms with van der Waals surface area (Å²) in [5, 5.41) is 3.56. The SMILES string of the molecule is CCC(NCc1ccc(F)cc1C)c1ccc(C)cc1. The second-order valence-electron chi connectivity index (χ2n) is 5.32. The van der Waals surface area contributed by atoms with Crippen LogP contribution in [0.2, 0.25) is 0 Å². The molecule has 0 fully saturated rings. The molecule has 0 aromatic heterocycles. The van der Waals surface area contributed by atoms with E-state index in [1.807, 2.05) is 13.0 Å². The Morgan fingerprint density at radius 2 is 1.75 bits per heavy atom. The number of hydrogen-bond acceptors (Lipinski definition) is 1. The highest BCUT2D eigenvalue weighted by Crippen LogP contribution is 2.19. The van der Waals surface area contributed by atoms with Gasteiger partial charge in [-0.05, 0) is 49.1 Å². The maximum atomic E-state index is 13.1. The lowest BCUT2D eigenvalue weighted by atomic mass is 10.0. The molecule has 0 aliphatic rings. The minimum Gasteiger partial charge on any atom is -0.306 e. The standard InChI is InChI=1S/C18H22FN/c1-4-18(15-7-5-13(2)6-8-15)20-12-16-9-10-17(19)11-14(16)3/h5-11,18,20H,4,12H2,1-3H3. The van der Waals surface area contributed by atoms with E-state index in [2.05, 4.69) is 43.4 Å². The Hall–Kier alpha value is -1.67. The molecule has 1 nitrogen and oxygen atoms in total. The normalized spacial score (nSPS) is 12.4. The summed E-state index contributed by atoms with van der Waals surface area (Å²) in [4.78, 5) is 0. The first kappa shape index (κ1) is 14.7. The fourth-order valence-electron chi connectivity index (χ4n) is 2.39. The molecule has 106 valence electrons. The Bertz CT molecular complexity index is 560. The van der Waals surface area contributed by atoms with Gasteiger partial charge in [0, 0.05) is 12.6 Å². The molecular weight excluding hydrogens is 249 g/mol. The first-order chi connectivity index (χ1) is 9.60. The Morgan fingerprint density at radius 3 is 2.35 bits per heavy atom. The summed E-state index contributed by atoms with van der Waals surface area (Å²) in [6, 6.07) is 13.9. The number of halogens is 1. The van der Waals surface area contributed by atoms with Gasteiger partial charge >= 0.3 is 0 Å². The molecular formula is C18H22FN. The van der Waals surface area contributed by atoms with Crippen molar-refractivity contribution >= 4 is 0 Å². The summed E-state index contributed by atoms with van der Waals surface area (Å²) < 4.78 is 13.1. The predicted molar refractivity (Wildman–Crippen MR) is 82.2 cm³/mol. The van der Waals surface area contributed by atoms with Crippen LogP contribution >= 0.6 is 0 Å². The van der Waals surface area contributed by atoms with E-state index in [1.165, 1.54) is 17.2 Å². The molecule has 0 radical (unpaired) electrons. The molecule has 0 amide bonds. The quantitative estimate of drug-likeness (QED) is 0.832. The average Bonchev–Trinajstić information content (AvgIpc) is 2.43. The van der Waals surface area contributed by atoms with Crippen molar-refractivity contribution in [3.63, 3.8) is 0 Å². The molecule has 1 N–H and O–H groups in total. The molecule has 1 unspecified atom stereocenters. The second kappa shape index (κ2) is 6.67. The molecule has 2 rings (SSSR count). The molecule has 0 bridgehead atoms. The van der Waals surface area contributed by atoms with Gasteiger partial charge in [-0.2, -0.15) is 0 Å². The Balaban J connectivity index is 2.05. The van der Waals surface area contributed by atoms with Crippen LogP contribution in [-0.4, -0.2) is 0 Å². The Labute approximate surface area is 120 Å². The van der Waals surface area contributed by atoms with Gasteiger partial charge in [0.25, 0.3) is 0 Å². The van der Waals surface area contributed by atoms with Gasteiger partial charge in [0.1, 0.15) is 5.82 Å². The van der Waals surface area contributed by atoms with Gasteiger partial charge < -0.3 is 5.32 Å². The van der Waals surface area contributed by atoms with E-state index in [1.54, 1.807) is 6.07 Å². The van der Waals surface area contributed by atoms with Gasteiger partial charge in [-0.3, -0.25) is 0 Å². The van der Waals surface area contributed by atoms with Crippen LogP contribution in [0.5, 0.6) is 0 Å². The van der Waals surface area contributed by atoms with Crippen LogP contribution in [0.3, 0.4) is 0 Å². The zero-order valence-electron chi connectivity index (χ0n) is 12.4. The second-order valence-corrected chi connectivity index (χ2v) is 5.32. The van der Waals surface area contributed by atoms with Crippen LogP contribution in [0, 0.1) is 19.7 Å². The van der Waals surface area contributed by atoms with Crippen LogP contribution in [0.1, 0.15) is 41.6 Å². The highest BCUT2D eigenvalue weighted by Gasteiger charge is 2.09. The fraction of sp³-hybridized carbons (Fsp3) is 0.333. The highest BCUT2D eigenvalue weighted by molar-refractivity contribution is 5.27. The Kier molecular flexibility index (Phi) is 4.91. The lowest BCUT2D eigenvalue weighted by Gasteiger charge is -2.18. The lowest BCUT2D eigenvalue weighted by molar-refractivity contribution is 0.517. The largest absolute Gasteiger partial charge is 0.306 e. The van der Waals surface area contributed by atoms with Crippen LogP contribution < -0.4 is 5.32 Å². The summed E-state index contributed by atoms with van der Waals surface area (Å²) in [7, 11) is 0. The minimum atomic E-state index is -0.170. The first-order valence-corrected chi connectivity index (χ1v) is 7.15. The van der Waals surface area contributed by atoms with Crippen molar-refractivity contribution < 1.29 is 4.39 Å². The summed E-state index contributed by atoms with van der Waals surface area (Å²) in [6.07, 6.45) is 1.03. The minimum absolute atomic E-state index is 0.170. The maximum Gasteiger partial charge on any atom is 0.123 e. The first-order valence-electron chi connectivity index (χ1n) is 7.15. The molecule has 0 aliphatic carbocycles. The number of aryl methyl sites for hydroxylation is 2. The van der Waals surface area contributed by atoms with Crippen LogP contribution in [0.4, 0.5) is 4.39 Å². The smallest absolute Gasteiger partial charge is 0.123 e. The van der Waals surface area contributed by atoms with E-state index in [-0.39, 0.29) is 5.82 Å². The van der Waals surface area contributed by atoms with E-state index < -0.39 is 0 Å². The number of benzene rings is 2. The van der Waals surface area contributed by atoms with Crippen molar-refractivity contribution in [2.24, 2.45) is 0 Å². The van der Waals surface area contributed by atoms with E-state index in [4.69, 9.17) is 0 Å². The number of rotatable bonds is 5. The van der Waals surface area contributed by atoms with Gasteiger partial charge in [-0.25, -0.2) is 4.39 Å². The monoisotopic (exact) mass is 271 g/mol. The molecule has 0 aliphatic heterocycles. The van der Waals surface area contributed by atoms with E-state index in [0.717, 1.165) is 24.1 Å². The number of nitrogens with one attached hydrogen (secondary N) is 1. The molecule has 2 heteroatoms. The topological polar surface area (TPSA) is 12.0 Å². The third-order valence-electron chi connectivity index (χ3n) is 3.73. The van der Waals surface area contributed by atoms with Gasteiger partial charge in [0.05, 0.1) is 0 Å². The third-order valence-corrected chi connectivity index (χ3v) is 3.73. The summed E-state index contributed by atoms with van der Waals surface area (Å²) in [5.74, 6) is -0.170. The van der Waals surface area contributed by atoms with Crippen molar-refractivity contribution in [3.05, 3.63) is 70.5 Å². The van der Waals surface area contributed by atoms with Crippen molar-refractivity contribution in [1.82, 2.24) is 5.32 Å². The fourth-order valence-corrected chi connectivity index (χ4v) is 2.39. The third kappa shape index (κ3) is 3.67. The van der Waals surface area contributed by atoms with Crippen LogP contribution in [-0.2, 0) is 6.54 Å². The molecule has 0 saturated carbocycles. The molecule has 0 saturated heterocycles. The van der Waals surface area contributed by atoms with Crippen molar-refractivity contribution in [2.75, 3.05) is 0 Å². The van der Waals surface area contributed by atoms with E-state index in [9.17, 15) is 4.39 Å². The van der Waals surface area contributed by atoms with Crippen molar-refractivity contribution in [1.29, 1.82) is 0 Å². The molecule has 2 aromatic rings. The van der Waals surface area contributed by atoms with Gasteiger partial charge in [-0.15, -0.1) is 0 Å². The van der Waals surface area contributed by atoms with E-state index >= 15 is 0 Å². The predicted octanol–water partition coefficient (Wildman–Crippen LogP) is 4.68. The van der Waals surface area contributed by atoms with Crippen LogP contribution in [0.25, 0.3) is 0 Å². The summed E-state index contributed by atoms with van der Waals surface area (Å²) in [5.41, 5.74) is 4.73. The lowest BCUT2D eigenvalue weighted by Crippen LogP contribution is -2.20. The van der Waals surface area contributed by atoms with E-state index in [0.29, 0.717) is 6.04 Å².